The van der Waals surface area contributed by atoms with Gasteiger partial charge in [0.25, 0.3) is 5.91 Å². The van der Waals surface area contributed by atoms with Gasteiger partial charge in [0.15, 0.2) is 6.61 Å². The number of amides is 1. The second-order valence-corrected chi connectivity index (χ2v) is 6.94. The van der Waals surface area contributed by atoms with Crippen molar-refractivity contribution in [2.24, 2.45) is 0 Å². The van der Waals surface area contributed by atoms with Crippen molar-refractivity contribution in [1.82, 2.24) is 5.32 Å². The molecule has 4 heteroatoms. The second-order valence-electron chi connectivity index (χ2n) is 6.94. The average Bonchev–Trinajstić information content (AvgIpc) is 2.70. The largest absolute Gasteiger partial charge is 0.484 e. The highest BCUT2D eigenvalue weighted by Gasteiger charge is 2.04. The number of rotatable bonds is 8. The molecule has 0 bridgehead atoms. The minimum absolute atomic E-state index is 0.0197. The molecule has 4 nitrogen and oxygen atoms in total. The van der Waals surface area contributed by atoms with Crippen molar-refractivity contribution in [3.8, 4) is 5.75 Å². The predicted octanol–water partition coefficient (Wildman–Crippen LogP) is 4.61. The van der Waals surface area contributed by atoms with Crippen molar-refractivity contribution in [1.29, 1.82) is 0 Å². The van der Waals surface area contributed by atoms with E-state index in [9.17, 15) is 4.79 Å². The molecule has 0 spiro atoms. The summed E-state index contributed by atoms with van der Waals surface area (Å²) in [5.74, 6) is 0.514. The molecule has 1 amide bonds. The van der Waals surface area contributed by atoms with Gasteiger partial charge in [0, 0.05) is 18.8 Å². The number of anilines is 1. The van der Waals surface area contributed by atoms with E-state index < -0.39 is 0 Å². The Labute approximate surface area is 166 Å². The van der Waals surface area contributed by atoms with Crippen LogP contribution in [0.5, 0.6) is 5.75 Å². The van der Waals surface area contributed by atoms with Crippen molar-refractivity contribution < 1.29 is 9.53 Å². The summed E-state index contributed by atoms with van der Waals surface area (Å²) in [5.41, 5.74) is 5.56. The quantitative estimate of drug-likeness (QED) is 0.605. The van der Waals surface area contributed by atoms with Crippen LogP contribution in [0, 0.1) is 13.8 Å². The summed E-state index contributed by atoms with van der Waals surface area (Å²) in [6, 6.07) is 24.0. The van der Waals surface area contributed by atoms with E-state index in [1.807, 2.05) is 55.5 Å². The molecule has 144 valence electrons. The van der Waals surface area contributed by atoms with E-state index in [4.69, 9.17) is 4.74 Å². The Morgan fingerprint density at radius 1 is 0.821 bits per heavy atom. The van der Waals surface area contributed by atoms with Crippen LogP contribution >= 0.6 is 0 Å². The first-order chi connectivity index (χ1) is 13.6. The van der Waals surface area contributed by atoms with Crippen molar-refractivity contribution in [2.75, 3.05) is 11.9 Å². The molecule has 0 saturated carbocycles. The molecule has 2 N–H and O–H groups in total. The molecule has 28 heavy (non-hydrogen) atoms. The maximum Gasteiger partial charge on any atom is 0.262 e. The number of ether oxygens (including phenoxy) is 1. The van der Waals surface area contributed by atoms with Gasteiger partial charge in [-0.25, -0.2) is 0 Å². The topological polar surface area (TPSA) is 50.4 Å². The third-order valence-electron chi connectivity index (χ3n) is 4.38. The van der Waals surface area contributed by atoms with Crippen LogP contribution in [0.15, 0.2) is 72.8 Å². The fraction of sp³-hybridized carbons (Fsp3) is 0.208. The SMILES string of the molecule is Cc1ccc(CNCc2cccc(OCC(=O)Nc3ccc(C)cc3)c2)cc1. The second kappa shape index (κ2) is 9.72. The first-order valence-corrected chi connectivity index (χ1v) is 9.43. The van der Waals surface area contributed by atoms with E-state index in [0.717, 1.165) is 29.9 Å². The molecule has 0 unspecified atom stereocenters. The van der Waals surface area contributed by atoms with Crippen LogP contribution in [-0.4, -0.2) is 12.5 Å². The number of carbonyl (C=O) groups is 1. The van der Waals surface area contributed by atoms with Gasteiger partial charge in [0.05, 0.1) is 0 Å². The zero-order valence-electron chi connectivity index (χ0n) is 16.4. The maximum absolute atomic E-state index is 12.1. The molecular weight excluding hydrogens is 348 g/mol. The molecule has 0 saturated heterocycles. The Balaban J connectivity index is 1.45. The normalized spacial score (nSPS) is 10.5. The van der Waals surface area contributed by atoms with Crippen LogP contribution in [0.4, 0.5) is 5.69 Å². The summed E-state index contributed by atoms with van der Waals surface area (Å²) in [4.78, 5) is 12.1. The zero-order valence-corrected chi connectivity index (χ0v) is 16.4. The van der Waals surface area contributed by atoms with Crippen LogP contribution in [0.25, 0.3) is 0 Å². The Morgan fingerprint density at radius 3 is 2.18 bits per heavy atom. The number of carbonyl (C=O) groups excluding carboxylic acids is 1. The molecule has 0 heterocycles. The van der Waals surface area contributed by atoms with Gasteiger partial charge >= 0.3 is 0 Å². The van der Waals surface area contributed by atoms with E-state index in [1.54, 1.807) is 0 Å². The lowest BCUT2D eigenvalue weighted by atomic mass is 10.1. The van der Waals surface area contributed by atoms with Crippen molar-refractivity contribution in [2.45, 2.75) is 26.9 Å². The third kappa shape index (κ3) is 6.25. The minimum Gasteiger partial charge on any atom is -0.484 e. The fourth-order valence-corrected chi connectivity index (χ4v) is 2.79. The van der Waals surface area contributed by atoms with E-state index in [1.165, 1.54) is 11.1 Å². The molecule has 3 rings (SSSR count). The molecule has 0 aromatic heterocycles. The molecule has 0 aliphatic rings. The van der Waals surface area contributed by atoms with Crippen LogP contribution in [0.1, 0.15) is 22.3 Å². The van der Waals surface area contributed by atoms with E-state index in [0.29, 0.717) is 5.75 Å². The number of aryl methyl sites for hydroxylation is 2. The number of benzene rings is 3. The third-order valence-corrected chi connectivity index (χ3v) is 4.38. The lowest BCUT2D eigenvalue weighted by molar-refractivity contribution is -0.118. The standard InChI is InChI=1S/C24H26N2O2/c1-18-6-10-20(11-7-18)15-25-16-21-4-3-5-23(14-21)28-17-24(27)26-22-12-8-19(2)9-13-22/h3-14,25H,15-17H2,1-2H3,(H,26,27). The Kier molecular flexibility index (Phi) is 6.82. The summed E-state index contributed by atoms with van der Waals surface area (Å²) in [5, 5.41) is 6.27. The van der Waals surface area contributed by atoms with E-state index >= 15 is 0 Å². The lowest BCUT2D eigenvalue weighted by Crippen LogP contribution is -2.20. The van der Waals surface area contributed by atoms with Crippen molar-refractivity contribution >= 4 is 11.6 Å². The monoisotopic (exact) mass is 374 g/mol. The summed E-state index contributed by atoms with van der Waals surface area (Å²) in [6.07, 6.45) is 0. The molecule has 3 aromatic carbocycles. The fourth-order valence-electron chi connectivity index (χ4n) is 2.79. The highest BCUT2D eigenvalue weighted by Crippen LogP contribution is 2.14. The molecule has 0 atom stereocenters. The van der Waals surface area contributed by atoms with Gasteiger partial charge in [-0.3, -0.25) is 4.79 Å². The van der Waals surface area contributed by atoms with Gasteiger partial charge in [-0.2, -0.15) is 0 Å². The predicted molar refractivity (Wildman–Crippen MR) is 113 cm³/mol. The zero-order chi connectivity index (χ0) is 19.8. The lowest BCUT2D eigenvalue weighted by Gasteiger charge is -2.10. The number of nitrogens with one attached hydrogen (secondary N) is 2. The van der Waals surface area contributed by atoms with Gasteiger partial charge in [-0.15, -0.1) is 0 Å². The van der Waals surface area contributed by atoms with Crippen LogP contribution in [0.3, 0.4) is 0 Å². The van der Waals surface area contributed by atoms with Crippen LogP contribution in [-0.2, 0) is 17.9 Å². The summed E-state index contributed by atoms with van der Waals surface area (Å²) in [6.45, 7) is 5.63. The highest BCUT2D eigenvalue weighted by atomic mass is 16.5. The Hall–Kier alpha value is -3.11. The summed E-state index contributed by atoms with van der Waals surface area (Å²) in [7, 11) is 0. The molecule has 0 aliphatic carbocycles. The molecule has 3 aromatic rings. The van der Waals surface area contributed by atoms with Crippen LogP contribution < -0.4 is 15.4 Å². The number of hydrogen-bond acceptors (Lipinski definition) is 3. The number of hydrogen-bond donors (Lipinski definition) is 2. The average molecular weight is 374 g/mol. The van der Waals surface area contributed by atoms with Crippen LogP contribution in [0.2, 0.25) is 0 Å². The van der Waals surface area contributed by atoms with Crippen molar-refractivity contribution in [3.05, 3.63) is 95.1 Å². The maximum atomic E-state index is 12.1. The minimum atomic E-state index is -0.174. The van der Waals surface area contributed by atoms with Gasteiger partial charge in [0.2, 0.25) is 0 Å². The first kappa shape index (κ1) is 19.6. The van der Waals surface area contributed by atoms with Crippen molar-refractivity contribution in [3.63, 3.8) is 0 Å². The molecule has 0 fully saturated rings. The molecule has 0 aliphatic heterocycles. The smallest absolute Gasteiger partial charge is 0.262 e. The summed E-state index contributed by atoms with van der Waals surface area (Å²) >= 11 is 0. The molecule has 0 radical (unpaired) electrons. The molecular formula is C24H26N2O2. The van der Waals surface area contributed by atoms with E-state index in [-0.39, 0.29) is 12.5 Å². The Morgan fingerprint density at radius 2 is 1.46 bits per heavy atom. The Bertz CT molecular complexity index is 903. The first-order valence-electron chi connectivity index (χ1n) is 9.43. The van der Waals surface area contributed by atoms with Gasteiger partial charge in [-0.05, 0) is 49.2 Å². The van der Waals surface area contributed by atoms with Gasteiger partial charge < -0.3 is 15.4 Å². The van der Waals surface area contributed by atoms with Gasteiger partial charge in [-0.1, -0.05) is 59.7 Å². The highest BCUT2D eigenvalue weighted by molar-refractivity contribution is 5.91. The van der Waals surface area contributed by atoms with Gasteiger partial charge in [0.1, 0.15) is 5.75 Å². The summed E-state index contributed by atoms with van der Waals surface area (Å²) < 4.78 is 5.64. The van der Waals surface area contributed by atoms with E-state index in [2.05, 4.69) is 41.8 Å².